The molecule has 0 aliphatic carbocycles. The number of rotatable bonds is 5. The minimum atomic E-state index is -0.606. The first-order chi connectivity index (χ1) is 10.1. The van der Waals surface area contributed by atoms with Gasteiger partial charge in [0.1, 0.15) is 0 Å². The third-order valence-corrected chi connectivity index (χ3v) is 4.31. The number of carbonyl (C=O) groups is 1. The van der Waals surface area contributed by atoms with Crippen molar-refractivity contribution in [3.8, 4) is 0 Å². The molecule has 3 nitrogen and oxygen atoms in total. The van der Waals surface area contributed by atoms with Crippen molar-refractivity contribution in [3.63, 3.8) is 0 Å². The Kier molecular flexibility index (Phi) is 5.42. The predicted octanol–water partition coefficient (Wildman–Crippen LogP) is 3.78. The second kappa shape index (κ2) is 7.29. The zero-order valence-corrected chi connectivity index (χ0v) is 13.0. The highest BCUT2D eigenvalue weighted by atomic mass is 32.2. The number of anilines is 1. The van der Waals surface area contributed by atoms with Gasteiger partial charge in [0.15, 0.2) is 0 Å². The molecule has 0 aliphatic rings. The third-order valence-electron chi connectivity index (χ3n) is 3.14. The molecule has 2 aromatic carbocycles. The Labute approximate surface area is 129 Å². The van der Waals surface area contributed by atoms with E-state index in [9.17, 15) is 9.90 Å². The van der Waals surface area contributed by atoms with Crippen molar-refractivity contribution < 1.29 is 9.90 Å². The van der Waals surface area contributed by atoms with Gasteiger partial charge in [0, 0.05) is 16.1 Å². The fraction of sp³-hybridized carbons (Fsp3) is 0.235. The summed E-state index contributed by atoms with van der Waals surface area (Å²) in [5.41, 5.74) is 2.56. The molecule has 0 aromatic heterocycles. The highest BCUT2D eigenvalue weighted by Crippen LogP contribution is 2.24. The molecule has 4 heteroatoms. The van der Waals surface area contributed by atoms with E-state index < -0.39 is 6.10 Å². The summed E-state index contributed by atoms with van der Waals surface area (Å²) < 4.78 is 0. The Morgan fingerprint density at radius 2 is 1.86 bits per heavy atom. The molecule has 1 amide bonds. The second-order valence-electron chi connectivity index (χ2n) is 4.87. The van der Waals surface area contributed by atoms with Crippen molar-refractivity contribution >= 4 is 23.4 Å². The molecular weight excluding hydrogens is 282 g/mol. The van der Waals surface area contributed by atoms with Crippen LogP contribution in [0.4, 0.5) is 5.69 Å². The topological polar surface area (TPSA) is 49.3 Å². The maximum Gasteiger partial charge on any atom is 0.234 e. The minimum Gasteiger partial charge on any atom is -0.389 e. The zero-order chi connectivity index (χ0) is 15.2. The molecular formula is C17H19NO2S. The van der Waals surface area contributed by atoms with Crippen molar-refractivity contribution in [1.82, 2.24) is 0 Å². The van der Waals surface area contributed by atoms with E-state index in [1.807, 2.05) is 49.4 Å². The number of amides is 1. The lowest BCUT2D eigenvalue weighted by Gasteiger charge is -2.13. The first kappa shape index (κ1) is 15.6. The van der Waals surface area contributed by atoms with E-state index >= 15 is 0 Å². The number of benzene rings is 2. The van der Waals surface area contributed by atoms with Gasteiger partial charge in [-0.2, -0.15) is 0 Å². The van der Waals surface area contributed by atoms with Crippen LogP contribution in [0.1, 0.15) is 24.2 Å². The van der Waals surface area contributed by atoms with Crippen LogP contribution in [0, 0.1) is 6.92 Å². The van der Waals surface area contributed by atoms with E-state index in [1.165, 1.54) is 17.3 Å². The average Bonchev–Trinajstić information content (AvgIpc) is 2.47. The van der Waals surface area contributed by atoms with Crippen LogP contribution in [-0.4, -0.2) is 16.8 Å². The van der Waals surface area contributed by atoms with Gasteiger partial charge in [0.25, 0.3) is 0 Å². The molecule has 0 spiro atoms. The zero-order valence-electron chi connectivity index (χ0n) is 12.2. The van der Waals surface area contributed by atoms with Crippen molar-refractivity contribution in [2.75, 3.05) is 11.1 Å². The van der Waals surface area contributed by atoms with Gasteiger partial charge < -0.3 is 10.4 Å². The predicted molar refractivity (Wildman–Crippen MR) is 87.6 cm³/mol. The summed E-state index contributed by atoms with van der Waals surface area (Å²) in [6, 6.07) is 15.3. The fourth-order valence-corrected chi connectivity index (χ4v) is 2.85. The molecule has 0 bridgehead atoms. The molecule has 110 valence electrons. The summed E-state index contributed by atoms with van der Waals surface area (Å²) >= 11 is 1.51. The van der Waals surface area contributed by atoms with Gasteiger partial charge in [-0.1, -0.05) is 36.4 Å². The van der Waals surface area contributed by atoms with Gasteiger partial charge in [-0.05, 0) is 31.5 Å². The van der Waals surface area contributed by atoms with Crippen molar-refractivity contribution in [1.29, 1.82) is 0 Å². The molecule has 2 rings (SSSR count). The molecule has 0 fully saturated rings. The second-order valence-corrected chi connectivity index (χ2v) is 5.88. The maximum absolute atomic E-state index is 12.1. The van der Waals surface area contributed by atoms with Gasteiger partial charge in [0.2, 0.25) is 5.91 Å². The summed E-state index contributed by atoms with van der Waals surface area (Å²) in [7, 11) is 0. The molecule has 2 aromatic rings. The smallest absolute Gasteiger partial charge is 0.234 e. The van der Waals surface area contributed by atoms with E-state index in [1.54, 1.807) is 13.0 Å². The molecule has 1 atom stereocenters. The number of hydrogen-bond donors (Lipinski definition) is 2. The van der Waals surface area contributed by atoms with Crippen LogP contribution < -0.4 is 5.32 Å². The number of thioether (sulfide) groups is 1. The Hall–Kier alpha value is -1.78. The molecule has 21 heavy (non-hydrogen) atoms. The van der Waals surface area contributed by atoms with E-state index in [4.69, 9.17) is 0 Å². The van der Waals surface area contributed by atoms with E-state index in [0.717, 1.165) is 10.5 Å². The van der Waals surface area contributed by atoms with Gasteiger partial charge >= 0.3 is 0 Å². The first-order valence-electron chi connectivity index (χ1n) is 6.83. The van der Waals surface area contributed by atoms with Gasteiger partial charge in [0.05, 0.1) is 11.9 Å². The normalized spacial score (nSPS) is 12.0. The third kappa shape index (κ3) is 4.34. The van der Waals surface area contributed by atoms with E-state index in [-0.39, 0.29) is 5.91 Å². The van der Waals surface area contributed by atoms with Crippen LogP contribution in [-0.2, 0) is 4.79 Å². The monoisotopic (exact) mass is 301 g/mol. The van der Waals surface area contributed by atoms with Crippen LogP contribution in [0.5, 0.6) is 0 Å². The lowest BCUT2D eigenvalue weighted by molar-refractivity contribution is -0.113. The molecule has 0 saturated carbocycles. The Balaban J connectivity index is 1.98. The summed E-state index contributed by atoms with van der Waals surface area (Å²) in [5.74, 6) is 0.273. The first-order valence-corrected chi connectivity index (χ1v) is 7.82. The average molecular weight is 301 g/mol. The SMILES string of the molecule is Cc1ccccc1SCC(=O)Nc1ccccc1C(C)O. The quantitative estimate of drug-likeness (QED) is 0.826. The van der Waals surface area contributed by atoms with Gasteiger partial charge in [-0.25, -0.2) is 0 Å². The number of aryl methyl sites for hydroxylation is 1. The summed E-state index contributed by atoms with van der Waals surface area (Å²) in [5, 5.41) is 12.6. The number of carbonyl (C=O) groups excluding carboxylic acids is 1. The maximum atomic E-state index is 12.1. The standard InChI is InChI=1S/C17H19NO2S/c1-12-7-3-6-10-16(12)21-11-17(20)18-15-9-5-4-8-14(15)13(2)19/h3-10,13,19H,11H2,1-2H3,(H,18,20). The molecule has 1 unspecified atom stereocenters. The molecule has 0 aliphatic heterocycles. The Morgan fingerprint density at radius 1 is 1.19 bits per heavy atom. The largest absolute Gasteiger partial charge is 0.389 e. The molecule has 0 saturated heterocycles. The van der Waals surface area contributed by atoms with Crippen LogP contribution >= 0.6 is 11.8 Å². The Morgan fingerprint density at radius 3 is 2.57 bits per heavy atom. The summed E-state index contributed by atoms with van der Waals surface area (Å²) in [6.07, 6.45) is -0.606. The van der Waals surface area contributed by atoms with Crippen molar-refractivity contribution in [2.24, 2.45) is 0 Å². The highest BCUT2D eigenvalue weighted by Gasteiger charge is 2.10. The van der Waals surface area contributed by atoms with E-state index in [0.29, 0.717) is 11.4 Å². The number of hydrogen-bond acceptors (Lipinski definition) is 3. The molecule has 2 N–H and O–H groups in total. The Bertz CT molecular complexity index is 626. The lowest BCUT2D eigenvalue weighted by Crippen LogP contribution is -2.15. The number of aliphatic hydroxyl groups excluding tert-OH is 1. The van der Waals surface area contributed by atoms with Crippen LogP contribution in [0.25, 0.3) is 0 Å². The van der Waals surface area contributed by atoms with Gasteiger partial charge in [-0.3, -0.25) is 4.79 Å². The molecule has 0 radical (unpaired) electrons. The highest BCUT2D eigenvalue weighted by molar-refractivity contribution is 8.00. The number of para-hydroxylation sites is 1. The van der Waals surface area contributed by atoms with Crippen molar-refractivity contribution in [2.45, 2.75) is 24.8 Å². The van der Waals surface area contributed by atoms with Crippen LogP contribution in [0.2, 0.25) is 0 Å². The molecule has 0 heterocycles. The minimum absolute atomic E-state index is 0.0728. The number of aliphatic hydroxyl groups is 1. The summed E-state index contributed by atoms with van der Waals surface area (Å²) in [4.78, 5) is 13.2. The van der Waals surface area contributed by atoms with Crippen LogP contribution in [0.3, 0.4) is 0 Å². The lowest BCUT2D eigenvalue weighted by atomic mass is 10.1. The fourth-order valence-electron chi connectivity index (χ4n) is 2.02. The van der Waals surface area contributed by atoms with E-state index in [2.05, 4.69) is 5.32 Å². The number of nitrogens with one attached hydrogen (secondary N) is 1. The van der Waals surface area contributed by atoms with Crippen molar-refractivity contribution in [3.05, 3.63) is 59.7 Å². The van der Waals surface area contributed by atoms with Crippen LogP contribution in [0.15, 0.2) is 53.4 Å². The summed E-state index contributed by atoms with van der Waals surface area (Å²) in [6.45, 7) is 3.72. The van der Waals surface area contributed by atoms with Gasteiger partial charge in [-0.15, -0.1) is 11.8 Å².